The van der Waals surface area contributed by atoms with E-state index in [0.717, 1.165) is 13.0 Å². The molecule has 2 rings (SSSR count). The smallest absolute Gasteiger partial charge is 0.288 e. The number of hydrogen-bond donors (Lipinski definition) is 3. The molecule has 1 fully saturated rings. The van der Waals surface area contributed by atoms with Gasteiger partial charge in [0.1, 0.15) is 11.5 Å². The highest BCUT2D eigenvalue weighted by molar-refractivity contribution is 5.96. The Kier molecular flexibility index (Phi) is 4.42. The first-order valence-corrected chi connectivity index (χ1v) is 6.95. The van der Waals surface area contributed by atoms with Crippen molar-refractivity contribution in [1.82, 2.24) is 25.7 Å². The standard InChI is InChI=1S/C14H21N5O2/c1-5-19-10(4)16-9(3)12(19)14(21)18-17-13(20)11-6-8(2)7-15-11/h5,8,11,15H,1,6-7H2,2-4H3,(H,17,20)(H,18,21). The van der Waals surface area contributed by atoms with Gasteiger partial charge in [-0.2, -0.15) is 0 Å². The molecule has 0 aromatic carbocycles. The summed E-state index contributed by atoms with van der Waals surface area (Å²) in [6, 6.07) is -0.257. The van der Waals surface area contributed by atoms with Crippen LogP contribution in [0.25, 0.3) is 6.20 Å². The van der Waals surface area contributed by atoms with Crippen LogP contribution in [-0.2, 0) is 4.79 Å². The summed E-state index contributed by atoms with van der Waals surface area (Å²) in [5.41, 5.74) is 5.85. The van der Waals surface area contributed by atoms with E-state index in [4.69, 9.17) is 0 Å². The summed E-state index contributed by atoms with van der Waals surface area (Å²) < 4.78 is 1.59. The van der Waals surface area contributed by atoms with Crippen LogP contribution in [0.2, 0.25) is 0 Å². The number of nitrogens with zero attached hydrogens (tertiary/aromatic N) is 2. The number of amides is 2. The first kappa shape index (κ1) is 15.2. The van der Waals surface area contributed by atoms with E-state index >= 15 is 0 Å². The Morgan fingerprint density at radius 1 is 1.43 bits per heavy atom. The van der Waals surface area contributed by atoms with E-state index in [2.05, 4.69) is 34.7 Å². The minimum atomic E-state index is -0.410. The molecule has 0 saturated carbocycles. The third kappa shape index (κ3) is 3.13. The lowest BCUT2D eigenvalue weighted by Gasteiger charge is -2.12. The van der Waals surface area contributed by atoms with Crippen molar-refractivity contribution in [3.63, 3.8) is 0 Å². The molecule has 7 nitrogen and oxygen atoms in total. The number of imidazole rings is 1. The van der Waals surface area contributed by atoms with E-state index in [1.54, 1.807) is 18.4 Å². The molecular formula is C14H21N5O2. The summed E-state index contributed by atoms with van der Waals surface area (Å²) in [4.78, 5) is 28.4. The van der Waals surface area contributed by atoms with Gasteiger partial charge < -0.3 is 5.32 Å². The van der Waals surface area contributed by atoms with Crippen LogP contribution in [0.5, 0.6) is 0 Å². The number of hydrogen-bond acceptors (Lipinski definition) is 4. The van der Waals surface area contributed by atoms with E-state index in [0.29, 0.717) is 23.1 Å². The molecule has 0 bridgehead atoms. The van der Waals surface area contributed by atoms with E-state index in [-0.39, 0.29) is 11.9 Å². The highest BCUT2D eigenvalue weighted by Crippen LogP contribution is 2.13. The van der Waals surface area contributed by atoms with Gasteiger partial charge in [-0.15, -0.1) is 0 Å². The Morgan fingerprint density at radius 3 is 2.71 bits per heavy atom. The van der Waals surface area contributed by atoms with Gasteiger partial charge in [-0.3, -0.25) is 25.0 Å². The molecule has 3 N–H and O–H groups in total. The quantitative estimate of drug-likeness (QED) is 0.702. The van der Waals surface area contributed by atoms with E-state index < -0.39 is 5.91 Å². The van der Waals surface area contributed by atoms with Crippen molar-refractivity contribution in [3.8, 4) is 0 Å². The molecule has 0 aliphatic carbocycles. The monoisotopic (exact) mass is 291 g/mol. The lowest BCUT2D eigenvalue weighted by molar-refractivity contribution is -0.123. The fourth-order valence-corrected chi connectivity index (χ4v) is 2.56. The van der Waals surface area contributed by atoms with E-state index in [9.17, 15) is 9.59 Å². The largest absolute Gasteiger partial charge is 0.306 e. The summed E-state index contributed by atoms with van der Waals surface area (Å²) in [6.07, 6.45) is 2.29. The lowest BCUT2D eigenvalue weighted by Crippen LogP contribution is -2.49. The topological polar surface area (TPSA) is 88.1 Å². The van der Waals surface area contributed by atoms with Crippen molar-refractivity contribution in [3.05, 3.63) is 23.8 Å². The summed E-state index contributed by atoms with van der Waals surface area (Å²) in [5, 5.41) is 3.11. The van der Waals surface area contributed by atoms with Gasteiger partial charge in [-0.05, 0) is 32.7 Å². The maximum Gasteiger partial charge on any atom is 0.288 e. The number of aromatic nitrogens is 2. The van der Waals surface area contributed by atoms with Crippen LogP contribution < -0.4 is 16.2 Å². The Hall–Kier alpha value is -2.15. The first-order valence-electron chi connectivity index (χ1n) is 6.95. The predicted molar refractivity (Wildman–Crippen MR) is 79.3 cm³/mol. The number of nitrogens with one attached hydrogen (secondary N) is 3. The van der Waals surface area contributed by atoms with Crippen LogP contribution in [0.4, 0.5) is 0 Å². The Bertz CT molecular complexity index is 578. The molecule has 2 atom stereocenters. The second-order valence-corrected chi connectivity index (χ2v) is 5.39. The highest BCUT2D eigenvalue weighted by Gasteiger charge is 2.27. The second-order valence-electron chi connectivity index (χ2n) is 5.39. The number of hydrazine groups is 1. The third-order valence-corrected chi connectivity index (χ3v) is 3.63. The van der Waals surface area contributed by atoms with Gasteiger partial charge in [0.15, 0.2) is 0 Å². The SMILES string of the molecule is C=Cn1c(C)nc(C)c1C(=O)NNC(=O)C1CC(C)CN1. The maximum atomic E-state index is 12.2. The van der Waals surface area contributed by atoms with Crippen molar-refractivity contribution < 1.29 is 9.59 Å². The van der Waals surface area contributed by atoms with Crippen molar-refractivity contribution >= 4 is 18.0 Å². The van der Waals surface area contributed by atoms with Crippen LogP contribution in [-0.4, -0.2) is 34.0 Å². The van der Waals surface area contributed by atoms with Crippen LogP contribution in [0.3, 0.4) is 0 Å². The van der Waals surface area contributed by atoms with Crippen molar-refractivity contribution in [2.45, 2.75) is 33.2 Å². The zero-order valence-electron chi connectivity index (χ0n) is 12.6. The van der Waals surface area contributed by atoms with Crippen molar-refractivity contribution in [2.24, 2.45) is 5.92 Å². The molecule has 114 valence electrons. The van der Waals surface area contributed by atoms with Crippen LogP contribution >= 0.6 is 0 Å². The molecule has 1 saturated heterocycles. The Balaban J connectivity index is 1.99. The summed E-state index contributed by atoms with van der Waals surface area (Å²) >= 11 is 0. The molecule has 0 radical (unpaired) electrons. The van der Waals surface area contributed by atoms with Gasteiger partial charge in [0, 0.05) is 6.20 Å². The number of aryl methyl sites for hydroxylation is 2. The molecule has 2 unspecified atom stereocenters. The summed E-state index contributed by atoms with van der Waals surface area (Å²) in [7, 11) is 0. The maximum absolute atomic E-state index is 12.2. The molecule has 0 spiro atoms. The fourth-order valence-electron chi connectivity index (χ4n) is 2.56. The first-order chi connectivity index (χ1) is 9.93. The molecule has 1 aliphatic heterocycles. The zero-order valence-corrected chi connectivity index (χ0v) is 12.6. The second kappa shape index (κ2) is 6.09. The van der Waals surface area contributed by atoms with Crippen LogP contribution in [0.15, 0.2) is 6.58 Å². The molecule has 1 aromatic heterocycles. The third-order valence-electron chi connectivity index (χ3n) is 3.63. The van der Waals surface area contributed by atoms with Crippen LogP contribution in [0, 0.1) is 19.8 Å². The molecule has 2 heterocycles. The average molecular weight is 291 g/mol. The molecule has 21 heavy (non-hydrogen) atoms. The minimum Gasteiger partial charge on any atom is -0.306 e. The van der Waals surface area contributed by atoms with Gasteiger partial charge in [-0.1, -0.05) is 13.5 Å². The van der Waals surface area contributed by atoms with Gasteiger partial charge in [0.2, 0.25) is 0 Å². The molecule has 7 heteroatoms. The molecule has 2 amide bonds. The molecule has 1 aromatic rings. The summed E-state index contributed by atoms with van der Waals surface area (Å²) in [6.45, 7) is 10.1. The van der Waals surface area contributed by atoms with Crippen molar-refractivity contribution in [2.75, 3.05) is 6.54 Å². The van der Waals surface area contributed by atoms with E-state index in [1.807, 2.05) is 0 Å². The number of carbonyl (C=O) groups is 2. The van der Waals surface area contributed by atoms with Gasteiger partial charge in [0.05, 0.1) is 11.7 Å². The predicted octanol–water partition coefficient (Wildman–Crippen LogP) is 0.359. The Morgan fingerprint density at radius 2 is 2.14 bits per heavy atom. The van der Waals surface area contributed by atoms with Gasteiger partial charge >= 0.3 is 0 Å². The number of carbonyl (C=O) groups excluding carboxylic acids is 2. The average Bonchev–Trinajstić information content (AvgIpc) is 2.98. The highest BCUT2D eigenvalue weighted by atomic mass is 16.2. The zero-order chi connectivity index (χ0) is 15.6. The Labute approximate surface area is 123 Å². The number of rotatable bonds is 3. The lowest BCUT2D eigenvalue weighted by atomic mass is 10.1. The van der Waals surface area contributed by atoms with Crippen molar-refractivity contribution in [1.29, 1.82) is 0 Å². The fraction of sp³-hybridized carbons (Fsp3) is 0.500. The van der Waals surface area contributed by atoms with Gasteiger partial charge in [0.25, 0.3) is 11.8 Å². The normalized spacial score (nSPS) is 21.1. The molecular weight excluding hydrogens is 270 g/mol. The van der Waals surface area contributed by atoms with Gasteiger partial charge in [-0.25, -0.2) is 4.98 Å². The summed E-state index contributed by atoms with van der Waals surface area (Å²) in [5.74, 6) is 0.493. The van der Waals surface area contributed by atoms with Crippen LogP contribution in [0.1, 0.15) is 35.4 Å². The minimum absolute atomic E-state index is 0.230. The van der Waals surface area contributed by atoms with E-state index in [1.165, 1.54) is 6.20 Å². The molecule has 1 aliphatic rings.